The van der Waals surface area contributed by atoms with E-state index in [9.17, 15) is 0 Å². The SMILES string of the molecule is CCCNC(Cc1nccn1C)c1ccn(C)n1. The molecule has 0 spiro atoms. The minimum absolute atomic E-state index is 0.229. The molecular formula is C13H21N5. The lowest BCUT2D eigenvalue weighted by Gasteiger charge is -2.16. The maximum Gasteiger partial charge on any atom is 0.110 e. The molecule has 2 rings (SSSR count). The van der Waals surface area contributed by atoms with E-state index in [1.165, 1.54) is 0 Å². The van der Waals surface area contributed by atoms with E-state index in [-0.39, 0.29) is 6.04 Å². The largest absolute Gasteiger partial charge is 0.338 e. The molecular weight excluding hydrogens is 226 g/mol. The summed E-state index contributed by atoms with van der Waals surface area (Å²) >= 11 is 0. The zero-order valence-electron chi connectivity index (χ0n) is 11.3. The normalized spacial score (nSPS) is 12.8. The fraction of sp³-hybridized carbons (Fsp3) is 0.538. The third kappa shape index (κ3) is 2.98. The average molecular weight is 247 g/mol. The molecule has 98 valence electrons. The lowest BCUT2D eigenvalue weighted by molar-refractivity contribution is 0.495. The van der Waals surface area contributed by atoms with Gasteiger partial charge >= 0.3 is 0 Å². The van der Waals surface area contributed by atoms with Gasteiger partial charge in [0.2, 0.25) is 0 Å². The van der Waals surface area contributed by atoms with Crippen LogP contribution in [0.4, 0.5) is 0 Å². The van der Waals surface area contributed by atoms with Crippen LogP contribution in [0.2, 0.25) is 0 Å². The number of hydrogen-bond acceptors (Lipinski definition) is 3. The maximum atomic E-state index is 4.49. The van der Waals surface area contributed by atoms with Crippen LogP contribution in [0, 0.1) is 0 Å². The Morgan fingerprint density at radius 1 is 1.33 bits per heavy atom. The second kappa shape index (κ2) is 5.82. The van der Waals surface area contributed by atoms with Gasteiger partial charge < -0.3 is 9.88 Å². The summed E-state index contributed by atoms with van der Waals surface area (Å²) in [5.41, 5.74) is 1.08. The highest BCUT2D eigenvalue weighted by Crippen LogP contribution is 2.15. The predicted octanol–water partition coefficient (Wildman–Crippen LogP) is 1.44. The second-order valence-electron chi connectivity index (χ2n) is 4.58. The van der Waals surface area contributed by atoms with Crippen LogP contribution >= 0.6 is 0 Å². The first-order chi connectivity index (χ1) is 8.70. The molecule has 0 aliphatic carbocycles. The molecule has 0 aromatic carbocycles. The number of hydrogen-bond donors (Lipinski definition) is 1. The molecule has 1 N–H and O–H groups in total. The molecule has 0 radical (unpaired) electrons. The molecule has 2 heterocycles. The van der Waals surface area contributed by atoms with Crippen LogP contribution in [-0.2, 0) is 20.5 Å². The minimum Gasteiger partial charge on any atom is -0.338 e. The molecule has 5 heteroatoms. The molecule has 0 amide bonds. The molecule has 0 saturated carbocycles. The van der Waals surface area contributed by atoms with Crippen molar-refractivity contribution in [2.75, 3.05) is 6.54 Å². The summed E-state index contributed by atoms with van der Waals surface area (Å²) in [6.45, 7) is 3.16. The molecule has 0 aliphatic rings. The fourth-order valence-corrected chi connectivity index (χ4v) is 1.99. The Balaban J connectivity index is 2.12. The van der Waals surface area contributed by atoms with Crippen molar-refractivity contribution in [3.8, 4) is 0 Å². The quantitative estimate of drug-likeness (QED) is 0.840. The van der Waals surface area contributed by atoms with E-state index in [1.54, 1.807) is 0 Å². The Morgan fingerprint density at radius 3 is 2.72 bits per heavy atom. The van der Waals surface area contributed by atoms with E-state index >= 15 is 0 Å². The van der Waals surface area contributed by atoms with Gasteiger partial charge in [0.15, 0.2) is 0 Å². The van der Waals surface area contributed by atoms with Crippen LogP contribution in [0.25, 0.3) is 0 Å². The van der Waals surface area contributed by atoms with E-state index in [0.717, 1.165) is 30.9 Å². The van der Waals surface area contributed by atoms with Gasteiger partial charge in [-0.15, -0.1) is 0 Å². The van der Waals surface area contributed by atoms with Crippen molar-refractivity contribution in [1.29, 1.82) is 0 Å². The van der Waals surface area contributed by atoms with Crippen LogP contribution in [0.1, 0.15) is 30.9 Å². The lowest BCUT2D eigenvalue weighted by atomic mass is 10.1. The molecule has 18 heavy (non-hydrogen) atoms. The summed E-state index contributed by atoms with van der Waals surface area (Å²) in [5, 5.41) is 8.03. The highest BCUT2D eigenvalue weighted by atomic mass is 15.3. The lowest BCUT2D eigenvalue weighted by Crippen LogP contribution is -2.25. The van der Waals surface area contributed by atoms with Gasteiger partial charge in [-0.05, 0) is 19.0 Å². The zero-order chi connectivity index (χ0) is 13.0. The summed E-state index contributed by atoms with van der Waals surface area (Å²) < 4.78 is 3.90. The fourth-order valence-electron chi connectivity index (χ4n) is 1.99. The van der Waals surface area contributed by atoms with Crippen molar-refractivity contribution in [2.24, 2.45) is 14.1 Å². The number of nitrogens with one attached hydrogen (secondary N) is 1. The van der Waals surface area contributed by atoms with Crippen LogP contribution in [0.5, 0.6) is 0 Å². The van der Waals surface area contributed by atoms with Crippen molar-refractivity contribution in [3.05, 3.63) is 36.2 Å². The number of rotatable bonds is 6. The van der Waals surface area contributed by atoms with Crippen LogP contribution in [0.15, 0.2) is 24.7 Å². The molecule has 0 fully saturated rings. The van der Waals surface area contributed by atoms with Crippen LogP contribution in [0.3, 0.4) is 0 Å². The van der Waals surface area contributed by atoms with Gasteiger partial charge in [0.1, 0.15) is 5.82 Å². The van der Waals surface area contributed by atoms with Gasteiger partial charge in [-0.25, -0.2) is 4.98 Å². The van der Waals surface area contributed by atoms with Gasteiger partial charge in [0, 0.05) is 39.1 Å². The molecule has 1 atom stereocenters. The van der Waals surface area contributed by atoms with E-state index in [4.69, 9.17) is 0 Å². The summed E-state index contributed by atoms with van der Waals surface area (Å²) in [6.07, 6.45) is 7.77. The van der Waals surface area contributed by atoms with Crippen molar-refractivity contribution in [2.45, 2.75) is 25.8 Å². The van der Waals surface area contributed by atoms with E-state index in [1.807, 2.05) is 37.4 Å². The Bertz CT molecular complexity index is 485. The standard InChI is InChI=1S/C13H21N5/c1-4-6-14-12(11-5-8-18(3)16-11)10-13-15-7-9-17(13)2/h5,7-9,12,14H,4,6,10H2,1-3H3. The smallest absolute Gasteiger partial charge is 0.110 e. The van der Waals surface area contributed by atoms with Crippen LogP contribution < -0.4 is 5.32 Å². The molecule has 0 bridgehead atoms. The Hall–Kier alpha value is -1.62. The average Bonchev–Trinajstić information content (AvgIpc) is 2.94. The topological polar surface area (TPSA) is 47.7 Å². The number of aromatic nitrogens is 4. The third-order valence-electron chi connectivity index (χ3n) is 3.04. The summed E-state index contributed by atoms with van der Waals surface area (Å²) in [5.74, 6) is 1.08. The maximum absolute atomic E-state index is 4.49. The summed E-state index contributed by atoms with van der Waals surface area (Å²) in [4.78, 5) is 4.38. The van der Waals surface area contributed by atoms with E-state index < -0.39 is 0 Å². The second-order valence-corrected chi connectivity index (χ2v) is 4.58. The molecule has 5 nitrogen and oxygen atoms in total. The van der Waals surface area contributed by atoms with Crippen molar-refractivity contribution in [1.82, 2.24) is 24.6 Å². The van der Waals surface area contributed by atoms with Gasteiger partial charge in [0.25, 0.3) is 0 Å². The van der Waals surface area contributed by atoms with Gasteiger partial charge in [0.05, 0.1) is 11.7 Å². The number of nitrogens with zero attached hydrogens (tertiary/aromatic N) is 4. The Labute approximate surface area is 108 Å². The number of aryl methyl sites for hydroxylation is 2. The highest BCUT2D eigenvalue weighted by molar-refractivity contribution is 5.09. The van der Waals surface area contributed by atoms with Gasteiger partial charge in [-0.3, -0.25) is 4.68 Å². The molecule has 0 aliphatic heterocycles. The van der Waals surface area contributed by atoms with E-state index in [2.05, 4.69) is 33.0 Å². The van der Waals surface area contributed by atoms with Crippen molar-refractivity contribution >= 4 is 0 Å². The Kier molecular flexibility index (Phi) is 4.15. The van der Waals surface area contributed by atoms with Gasteiger partial charge in [-0.2, -0.15) is 5.10 Å². The van der Waals surface area contributed by atoms with Crippen molar-refractivity contribution < 1.29 is 0 Å². The molecule has 0 saturated heterocycles. The first-order valence-electron chi connectivity index (χ1n) is 6.39. The Morgan fingerprint density at radius 2 is 2.17 bits per heavy atom. The first-order valence-corrected chi connectivity index (χ1v) is 6.39. The summed E-state index contributed by atoms with van der Waals surface area (Å²) in [7, 11) is 3.97. The monoisotopic (exact) mass is 247 g/mol. The highest BCUT2D eigenvalue weighted by Gasteiger charge is 2.16. The van der Waals surface area contributed by atoms with Crippen molar-refractivity contribution in [3.63, 3.8) is 0 Å². The molecule has 2 aromatic rings. The molecule has 1 unspecified atom stereocenters. The predicted molar refractivity (Wildman–Crippen MR) is 71.2 cm³/mol. The number of imidazole rings is 1. The first kappa shape index (κ1) is 12.8. The zero-order valence-corrected chi connectivity index (χ0v) is 11.3. The third-order valence-corrected chi connectivity index (χ3v) is 3.04. The van der Waals surface area contributed by atoms with E-state index in [0.29, 0.717) is 0 Å². The van der Waals surface area contributed by atoms with Gasteiger partial charge in [-0.1, -0.05) is 6.92 Å². The van der Waals surface area contributed by atoms with Crippen LogP contribution in [-0.4, -0.2) is 25.9 Å². The molecule has 2 aromatic heterocycles. The summed E-state index contributed by atoms with van der Waals surface area (Å²) in [6, 6.07) is 2.29. The minimum atomic E-state index is 0.229.